The highest BCUT2D eigenvalue weighted by molar-refractivity contribution is 7.20. The molecule has 3 aliphatic heterocycles. The van der Waals surface area contributed by atoms with E-state index in [1.807, 2.05) is 6.07 Å². The molecule has 3 saturated heterocycles. The third-order valence-electron chi connectivity index (χ3n) is 5.02. The van der Waals surface area contributed by atoms with Crippen molar-refractivity contribution in [3.05, 3.63) is 35.0 Å². The summed E-state index contributed by atoms with van der Waals surface area (Å²) < 4.78 is 14.6. The Morgan fingerprint density at radius 1 is 1.33 bits per heavy atom. The van der Waals surface area contributed by atoms with Gasteiger partial charge in [-0.1, -0.05) is 6.07 Å². The van der Waals surface area contributed by atoms with Crippen LogP contribution >= 0.6 is 11.3 Å². The van der Waals surface area contributed by atoms with Gasteiger partial charge in [0.15, 0.2) is 5.78 Å². The first-order valence-corrected chi connectivity index (χ1v) is 8.46. The van der Waals surface area contributed by atoms with Crippen LogP contribution in [0.15, 0.2) is 24.3 Å². The summed E-state index contributed by atoms with van der Waals surface area (Å²) in [6.07, 6.45) is 3.09. The second-order valence-electron chi connectivity index (χ2n) is 6.29. The minimum absolute atomic E-state index is 0.189. The maximum absolute atomic E-state index is 13.7. The molecule has 1 atom stereocenters. The lowest BCUT2D eigenvalue weighted by Gasteiger charge is -2.44. The summed E-state index contributed by atoms with van der Waals surface area (Å²) in [5.41, 5.74) is 0. The van der Waals surface area contributed by atoms with Gasteiger partial charge in [0, 0.05) is 23.1 Å². The van der Waals surface area contributed by atoms with Crippen molar-refractivity contribution in [2.75, 3.05) is 19.6 Å². The minimum Gasteiger partial charge on any atom is -0.303 e. The number of nitrogens with zero attached hydrogens (tertiary/aromatic N) is 1. The zero-order valence-electron chi connectivity index (χ0n) is 11.8. The molecule has 0 saturated carbocycles. The van der Waals surface area contributed by atoms with E-state index >= 15 is 0 Å². The molecular weight excluding hydrogens is 285 g/mol. The number of piperidine rings is 3. The highest BCUT2D eigenvalue weighted by Crippen LogP contribution is 2.36. The lowest BCUT2D eigenvalue weighted by molar-refractivity contribution is 0.0442. The van der Waals surface area contributed by atoms with E-state index in [2.05, 4.69) is 4.90 Å². The molecule has 2 aromatic rings. The van der Waals surface area contributed by atoms with Crippen molar-refractivity contribution in [1.82, 2.24) is 4.90 Å². The zero-order chi connectivity index (χ0) is 14.4. The van der Waals surface area contributed by atoms with E-state index in [1.165, 1.54) is 43.3 Å². The van der Waals surface area contributed by atoms with Crippen LogP contribution in [0.4, 0.5) is 4.39 Å². The number of Topliss-reactive ketones (excluding diaryl/α,β-unsaturated/α-hetero) is 1. The number of ketones is 1. The smallest absolute Gasteiger partial charge is 0.173 e. The van der Waals surface area contributed by atoms with Crippen LogP contribution < -0.4 is 0 Å². The van der Waals surface area contributed by atoms with Crippen molar-refractivity contribution >= 4 is 27.2 Å². The van der Waals surface area contributed by atoms with Gasteiger partial charge < -0.3 is 4.90 Å². The van der Waals surface area contributed by atoms with Crippen molar-refractivity contribution in [3.63, 3.8) is 0 Å². The largest absolute Gasteiger partial charge is 0.303 e. The number of benzene rings is 1. The summed E-state index contributed by atoms with van der Waals surface area (Å²) >= 11 is 1.43. The molecular formula is C17H18FNOS. The van der Waals surface area contributed by atoms with Gasteiger partial charge in [0.25, 0.3) is 0 Å². The summed E-state index contributed by atoms with van der Waals surface area (Å²) in [6.45, 7) is 3.46. The lowest BCUT2D eigenvalue weighted by Crippen LogP contribution is -2.47. The Bertz CT molecular complexity index is 687. The van der Waals surface area contributed by atoms with Gasteiger partial charge in [-0.05, 0) is 56.0 Å². The quantitative estimate of drug-likeness (QED) is 0.800. The molecule has 4 heteroatoms. The zero-order valence-corrected chi connectivity index (χ0v) is 12.7. The molecule has 4 heterocycles. The highest BCUT2D eigenvalue weighted by atomic mass is 32.1. The molecule has 0 aliphatic carbocycles. The molecule has 1 aromatic heterocycles. The lowest BCUT2D eigenvalue weighted by atomic mass is 9.76. The molecule has 0 unspecified atom stereocenters. The second-order valence-corrected chi connectivity index (χ2v) is 7.37. The number of hydrogen-bond acceptors (Lipinski definition) is 3. The average Bonchev–Trinajstić information content (AvgIpc) is 2.94. The first kappa shape index (κ1) is 13.4. The first-order valence-electron chi connectivity index (χ1n) is 7.64. The summed E-state index contributed by atoms with van der Waals surface area (Å²) in [5, 5.41) is 0.583. The summed E-state index contributed by atoms with van der Waals surface area (Å²) in [6, 6.07) is 6.78. The normalized spacial score (nSPS) is 28.1. The van der Waals surface area contributed by atoms with Gasteiger partial charge in [-0.25, -0.2) is 4.39 Å². The number of rotatable bonds is 3. The molecule has 0 spiro atoms. The number of hydrogen-bond donors (Lipinski definition) is 0. The maximum Gasteiger partial charge on any atom is 0.173 e. The van der Waals surface area contributed by atoms with E-state index in [0.29, 0.717) is 28.5 Å². The molecule has 21 heavy (non-hydrogen) atoms. The van der Waals surface area contributed by atoms with E-state index in [9.17, 15) is 9.18 Å². The fourth-order valence-corrected chi connectivity index (χ4v) is 4.84. The third-order valence-corrected chi connectivity index (χ3v) is 6.16. The first-order chi connectivity index (χ1) is 10.2. The van der Waals surface area contributed by atoms with Crippen LogP contribution in [0, 0.1) is 17.7 Å². The molecule has 110 valence electrons. The standard InChI is InChI=1S/C17H18FNOS/c18-14-2-1-3-16-13(14)9-17(21-16)15(20)8-12-10-19-6-4-11(12)5-7-19/h1-3,9,11-12H,4-8,10H2/t12-/m0/s1. The van der Waals surface area contributed by atoms with Gasteiger partial charge >= 0.3 is 0 Å². The molecule has 0 amide bonds. The monoisotopic (exact) mass is 303 g/mol. The number of fused-ring (bicyclic) bond motifs is 4. The van der Waals surface area contributed by atoms with Gasteiger partial charge in [0.1, 0.15) is 5.82 Å². The SMILES string of the molecule is O=C(C[C@H]1CN2CCC1CC2)c1cc2c(F)cccc2s1. The summed E-state index contributed by atoms with van der Waals surface area (Å²) in [7, 11) is 0. The van der Waals surface area contributed by atoms with Gasteiger partial charge in [0.2, 0.25) is 0 Å². The fourth-order valence-electron chi connectivity index (χ4n) is 3.82. The summed E-state index contributed by atoms with van der Waals surface area (Å²) in [5.74, 6) is 1.17. The van der Waals surface area contributed by atoms with Gasteiger partial charge in [0.05, 0.1) is 4.88 Å². The molecule has 2 bridgehead atoms. The molecule has 3 aliphatic rings. The van der Waals surface area contributed by atoms with E-state index in [4.69, 9.17) is 0 Å². The van der Waals surface area contributed by atoms with E-state index < -0.39 is 0 Å². The number of carbonyl (C=O) groups excluding carboxylic acids is 1. The van der Waals surface area contributed by atoms with E-state index in [1.54, 1.807) is 12.1 Å². The predicted molar refractivity (Wildman–Crippen MR) is 83.4 cm³/mol. The van der Waals surface area contributed by atoms with Crippen LogP contribution in [0.3, 0.4) is 0 Å². The summed E-state index contributed by atoms with van der Waals surface area (Å²) in [4.78, 5) is 15.7. The Labute approximate surface area is 127 Å². The van der Waals surface area contributed by atoms with Gasteiger partial charge in [-0.15, -0.1) is 11.3 Å². The van der Waals surface area contributed by atoms with Crippen LogP contribution in [0.2, 0.25) is 0 Å². The van der Waals surface area contributed by atoms with E-state index in [0.717, 1.165) is 11.2 Å². The van der Waals surface area contributed by atoms with Crippen molar-refractivity contribution in [1.29, 1.82) is 0 Å². The Morgan fingerprint density at radius 2 is 2.14 bits per heavy atom. The predicted octanol–water partition coefficient (Wildman–Crippen LogP) is 3.96. The van der Waals surface area contributed by atoms with Crippen molar-refractivity contribution in [2.24, 2.45) is 11.8 Å². The molecule has 0 radical (unpaired) electrons. The topological polar surface area (TPSA) is 20.3 Å². The van der Waals surface area contributed by atoms with Crippen molar-refractivity contribution < 1.29 is 9.18 Å². The number of carbonyl (C=O) groups is 1. The average molecular weight is 303 g/mol. The Kier molecular flexibility index (Phi) is 3.31. The van der Waals surface area contributed by atoms with Gasteiger partial charge in [-0.3, -0.25) is 4.79 Å². The fraction of sp³-hybridized carbons (Fsp3) is 0.471. The van der Waals surface area contributed by atoms with Gasteiger partial charge in [-0.2, -0.15) is 0 Å². The van der Waals surface area contributed by atoms with Crippen LogP contribution in [0.5, 0.6) is 0 Å². The van der Waals surface area contributed by atoms with Crippen molar-refractivity contribution in [3.8, 4) is 0 Å². The Balaban J connectivity index is 1.55. The minimum atomic E-state index is -0.231. The second kappa shape index (κ2) is 5.18. The van der Waals surface area contributed by atoms with Crippen LogP contribution in [0.25, 0.3) is 10.1 Å². The van der Waals surface area contributed by atoms with Crippen LogP contribution in [-0.4, -0.2) is 30.3 Å². The van der Waals surface area contributed by atoms with Crippen molar-refractivity contribution in [2.45, 2.75) is 19.3 Å². The molecule has 0 N–H and O–H groups in total. The molecule has 5 rings (SSSR count). The molecule has 1 aromatic carbocycles. The molecule has 2 nitrogen and oxygen atoms in total. The Hall–Kier alpha value is -1.26. The van der Waals surface area contributed by atoms with Crippen LogP contribution in [-0.2, 0) is 0 Å². The van der Waals surface area contributed by atoms with Crippen LogP contribution in [0.1, 0.15) is 28.9 Å². The highest BCUT2D eigenvalue weighted by Gasteiger charge is 2.35. The number of thiophene rings is 1. The maximum atomic E-state index is 13.7. The third kappa shape index (κ3) is 2.40. The number of halogens is 1. The Morgan fingerprint density at radius 3 is 2.81 bits per heavy atom. The molecule has 3 fully saturated rings. The van der Waals surface area contributed by atoms with E-state index in [-0.39, 0.29) is 11.6 Å².